The Balaban J connectivity index is 2.22. The lowest BCUT2D eigenvalue weighted by atomic mass is 10.1. The smallest absolute Gasteiger partial charge is 0.189 e. The summed E-state index contributed by atoms with van der Waals surface area (Å²) < 4.78 is 10.7. The van der Waals surface area contributed by atoms with Crippen LogP contribution < -0.4 is 9.47 Å². The van der Waals surface area contributed by atoms with Gasteiger partial charge in [-0.15, -0.1) is 0 Å². The van der Waals surface area contributed by atoms with Crippen LogP contribution in [0.15, 0.2) is 42.5 Å². The highest BCUT2D eigenvalue weighted by atomic mass is 16.5. The SMILES string of the molecule is CCOc1ccc(C(=O)C=Cc2ccc(O)cc2OCC)c(O)c1. The highest BCUT2D eigenvalue weighted by molar-refractivity contribution is 6.08. The molecule has 5 heteroatoms. The zero-order valence-electron chi connectivity index (χ0n) is 13.7. The third kappa shape index (κ3) is 4.29. The molecule has 2 aromatic rings. The Morgan fingerprint density at radius 2 is 1.79 bits per heavy atom. The molecular weight excluding hydrogens is 308 g/mol. The van der Waals surface area contributed by atoms with Crippen molar-refractivity contribution in [2.45, 2.75) is 13.8 Å². The molecule has 0 aromatic heterocycles. The summed E-state index contributed by atoms with van der Waals surface area (Å²) in [5, 5.41) is 19.5. The molecule has 0 amide bonds. The normalized spacial score (nSPS) is 10.8. The highest BCUT2D eigenvalue weighted by Gasteiger charge is 2.10. The van der Waals surface area contributed by atoms with Crippen molar-refractivity contribution in [1.29, 1.82) is 0 Å². The lowest BCUT2D eigenvalue weighted by molar-refractivity contribution is 0.104. The summed E-state index contributed by atoms with van der Waals surface area (Å²) in [7, 11) is 0. The molecule has 0 unspecified atom stereocenters. The lowest BCUT2D eigenvalue weighted by Crippen LogP contribution is -1.97. The van der Waals surface area contributed by atoms with Crippen LogP contribution in [0.4, 0.5) is 0 Å². The first-order valence-corrected chi connectivity index (χ1v) is 7.69. The number of hydrogen-bond donors (Lipinski definition) is 2. The molecule has 0 fully saturated rings. The topological polar surface area (TPSA) is 76.0 Å². The molecule has 0 aliphatic rings. The standard InChI is InChI=1S/C19H20O5/c1-3-23-15-8-9-16(18(22)12-15)17(21)10-6-13-5-7-14(20)11-19(13)24-4-2/h5-12,20,22H,3-4H2,1-2H3. The summed E-state index contributed by atoms with van der Waals surface area (Å²) in [5.41, 5.74) is 0.847. The van der Waals surface area contributed by atoms with Gasteiger partial charge in [0.05, 0.1) is 18.8 Å². The number of aromatic hydroxyl groups is 2. The van der Waals surface area contributed by atoms with Gasteiger partial charge in [-0.1, -0.05) is 0 Å². The minimum absolute atomic E-state index is 0.0890. The second-order valence-electron chi connectivity index (χ2n) is 4.96. The Morgan fingerprint density at radius 1 is 1.04 bits per heavy atom. The molecule has 0 spiro atoms. The van der Waals surface area contributed by atoms with Gasteiger partial charge in [0.25, 0.3) is 0 Å². The van der Waals surface area contributed by atoms with Gasteiger partial charge >= 0.3 is 0 Å². The number of allylic oxidation sites excluding steroid dienone is 1. The van der Waals surface area contributed by atoms with Gasteiger partial charge in [-0.05, 0) is 50.3 Å². The largest absolute Gasteiger partial charge is 0.508 e. The average Bonchev–Trinajstić information content (AvgIpc) is 2.54. The van der Waals surface area contributed by atoms with Gasteiger partial charge in [0, 0.05) is 17.7 Å². The van der Waals surface area contributed by atoms with Gasteiger partial charge in [-0.2, -0.15) is 0 Å². The van der Waals surface area contributed by atoms with Gasteiger partial charge in [0.1, 0.15) is 23.0 Å². The van der Waals surface area contributed by atoms with E-state index in [0.29, 0.717) is 30.3 Å². The van der Waals surface area contributed by atoms with Crippen LogP contribution in [0.5, 0.6) is 23.0 Å². The number of ketones is 1. The van der Waals surface area contributed by atoms with Gasteiger partial charge in [-0.25, -0.2) is 0 Å². The van der Waals surface area contributed by atoms with Crippen molar-refractivity contribution >= 4 is 11.9 Å². The van der Waals surface area contributed by atoms with Gasteiger partial charge in [0.15, 0.2) is 5.78 Å². The second kappa shape index (κ2) is 8.06. The summed E-state index contributed by atoms with van der Waals surface area (Å²) in [6.07, 6.45) is 2.94. The summed E-state index contributed by atoms with van der Waals surface area (Å²) in [6, 6.07) is 9.23. The molecule has 0 saturated heterocycles. The van der Waals surface area contributed by atoms with Crippen LogP contribution in [0, 0.1) is 0 Å². The van der Waals surface area contributed by atoms with Crippen molar-refractivity contribution in [1.82, 2.24) is 0 Å². The van der Waals surface area contributed by atoms with Crippen molar-refractivity contribution in [3.8, 4) is 23.0 Å². The lowest BCUT2D eigenvalue weighted by Gasteiger charge is -2.08. The van der Waals surface area contributed by atoms with Crippen molar-refractivity contribution in [2.75, 3.05) is 13.2 Å². The fourth-order valence-corrected chi connectivity index (χ4v) is 2.17. The maximum Gasteiger partial charge on any atom is 0.189 e. The number of rotatable bonds is 7. The van der Waals surface area contributed by atoms with E-state index >= 15 is 0 Å². The van der Waals surface area contributed by atoms with E-state index in [2.05, 4.69) is 0 Å². The summed E-state index contributed by atoms with van der Waals surface area (Å²) >= 11 is 0. The van der Waals surface area contributed by atoms with E-state index in [9.17, 15) is 15.0 Å². The van der Waals surface area contributed by atoms with Crippen molar-refractivity contribution < 1.29 is 24.5 Å². The molecule has 0 radical (unpaired) electrons. The highest BCUT2D eigenvalue weighted by Crippen LogP contribution is 2.27. The number of hydrogen-bond acceptors (Lipinski definition) is 5. The van der Waals surface area contributed by atoms with E-state index in [-0.39, 0.29) is 22.8 Å². The molecule has 0 heterocycles. The van der Waals surface area contributed by atoms with Crippen LogP contribution in [-0.2, 0) is 0 Å². The molecule has 0 bridgehead atoms. The third-order valence-corrected chi connectivity index (χ3v) is 3.26. The molecule has 2 N–H and O–H groups in total. The van der Waals surface area contributed by atoms with E-state index in [1.54, 1.807) is 18.2 Å². The van der Waals surface area contributed by atoms with Crippen LogP contribution in [-0.4, -0.2) is 29.2 Å². The number of ether oxygens (including phenoxy) is 2. The zero-order valence-corrected chi connectivity index (χ0v) is 13.7. The van der Waals surface area contributed by atoms with E-state index in [1.807, 2.05) is 13.8 Å². The molecule has 5 nitrogen and oxygen atoms in total. The van der Waals surface area contributed by atoms with Crippen molar-refractivity contribution in [3.63, 3.8) is 0 Å². The van der Waals surface area contributed by atoms with E-state index in [1.165, 1.54) is 30.3 Å². The third-order valence-electron chi connectivity index (χ3n) is 3.26. The molecule has 0 saturated carbocycles. The van der Waals surface area contributed by atoms with Gasteiger partial charge < -0.3 is 19.7 Å². The van der Waals surface area contributed by atoms with Crippen molar-refractivity contribution in [3.05, 3.63) is 53.6 Å². The Bertz CT molecular complexity index is 749. The summed E-state index contributed by atoms with van der Waals surface area (Å²) in [6.45, 7) is 4.60. The summed E-state index contributed by atoms with van der Waals surface area (Å²) in [5.74, 6) is 0.605. The van der Waals surface area contributed by atoms with Gasteiger partial charge in [0.2, 0.25) is 0 Å². The van der Waals surface area contributed by atoms with Crippen LogP contribution in [0.25, 0.3) is 6.08 Å². The van der Waals surface area contributed by atoms with Crippen LogP contribution >= 0.6 is 0 Å². The van der Waals surface area contributed by atoms with Gasteiger partial charge in [-0.3, -0.25) is 4.79 Å². The first kappa shape index (κ1) is 17.4. The van der Waals surface area contributed by atoms with E-state index in [0.717, 1.165) is 0 Å². The maximum atomic E-state index is 12.3. The molecule has 0 aliphatic heterocycles. The van der Waals surface area contributed by atoms with Crippen LogP contribution in [0.3, 0.4) is 0 Å². The number of benzene rings is 2. The predicted molar refractivity (Wildman–Crippen MR) is 91.9 cm³/mol. The molecule has 2 rings (SSSR count). The Hall–Kier alpha value is -2.95. The molecule has 2 aromatic carbocycles. The minimum atomic E-state index is -0.342. The number of carbonyl (C=O) groups excluding carboxylic acids is 1. The zero-order chi connectivity index (χ0) is 17.5. The second-order valence-corrected chi connectivity index (χ2v) is 4.96. The summed E-state index contributed by atoms with van der Waals surface area (Å²) in [4.78, 5) is 12.3. The first-order valence-electron chi connectivity index (χ1n) is 7.69. The average molecular weight is 328 g/mol. The number of phenolic OH excluding ortho intramolecular Hbond substituents is 2. The van der Waals surface area contributed by atoms with E-state index < -0.39 is 0 Å². The quantitative estimate of drug-likeness (QED) is 0.597. The molecule has 0 atom stereocenters. The molecule has 0 aliphatic carbocycles. The maximum absolute atomic E-state index is 12.3. The number of carbonyl (C=O) groups is 1. The Morgan fingerprint density at radius 3 is 2.46 bits per heavy atom. The predicted octanol–water partition coefficient (Wildman–Crippen LogP) is 3.79. The molecular formula is C19H20O5. The first-order chi connectivity index (χ1) is 11.5. The monoisotopic (exact) mass is 328 g/mol. The molecule has 24 heavy (non-hydrogen) atoms. The van der Waals surface area contributed by atoms with Crippen LogP contribution in [0.2, 0.25) is 0 Å². The van der Waals surface area contributed by atoms with Crippen LogP contribution in [0.1, 0.15) is 29.8 Å². The fourth-order valence-electron chi connectivity index (χ4n) is 2.17. The Kier molecular flexibility index (Phi) is 5.84. The van der Waals surface area contributed by atoms with E-state index in [4.69, 9.17) is 9.47 Å². The Labute approximate surface area is 140 Å². The number of phenols is 2. The minimum Gasteiger partial charge on any atom is -0.508 e. The molecule has 126 valence electrons. The van der Waals surface area contributed by atoms with Crippen molar-refractivity contribution in [2.24, 2.45) is 0 Å². The fraction of sp³-hybridized carbons (Fsp3) is 0.211.